The molecule has 0 atom stereocenters. The molecule has 3 nitrogen and oxygen atoms in total. The molecule has 90 valence electrons. The van der Waals surface area contributed by atoms with Crippen molar-refractivity contribution < 1.29 is 9.90 Å². The van der Waals surface area contributed by atoms with Gasteiger partial charge in [-0.25, -0.2) is 4.79 Å². The Bertz CT molecular complexity index is 515. The van der Waals surface area contributed by atoms with Crippen LogP contribution in [0.15, 0.2) is 30.5 Å². The molecule has 17 heavy (non-hydrogen) atoms. The van der Waals surface area contributed by atoms with Crippen LogP contribution in [0.5, 0.6) is 0 Å². The van der Waals surface area contributed by atoms with Gasteiger partial charge in [0.15, 0.2) is 0 Å². The number of halogens is 2. The summed E-state index contributed by atoms with van der Waals surface area (Å²) in [7, 11) is 0. The van der Waals surface area contributed by atoms with Crippen molar-refractivity contribution >= 4 is 45.9 Å². The van der Waals surface area contributed by atoms with E-state index in [-0.39, 0.29) is 27.7 Å². The largest absolute Gasteiger partial charge is 0.477 e. The number of alkyl halides is 1. The molecule has 0 unspecified atom stereocenters. The molecule has 0 aliphatic heterocycles. The van der Waals surface area contributed by atoms with Gasteiger partial charge in [-0.1, -0.05) is 6.07 Å². The Hall–Kier alpha value is -0.910. The first-order valence-electron chi connectivity index (χ1n) is 4.55. The molecule has 2 heterocycles. The lowest BCUT2D eigenvalue weighted by atomic mass is 10.2. The lowest BCUT2D eigenvalue weighted by Crippen LogP contribution is -1.94. The van der Waals surface area contributed by atoms with Crippen molar-refractivity contribution in [2.24, 2.45) is 0 Å². The van der Waals surface area contributed by atoms with Crippen molar-refractivity contribution in [3.05, 3.63) is 40.9 Å². The van der Waals surface area contributed by atoms with Crippen molar-refractivity contribution in [2.75, 3.05) is 0 Å². The van der Waals surface area contributed by atoms with E-state index in [1.807, 2.05) is 18.2 Å². The highest BCUT2D eigenvalue weighted by Crippen LogP contribution is 2.31. The van der Waals surface area contributed by atoms with E-state index in [1.165, 1.54) is 11.3 Å². The average molecular weight is 335 g/mol. The van der Waals surface area contributed by atoms with Crippen molar-refractivity contribution in [3.8, 4) is 10.6 Å². The van der Waals surface area contributed by atoms with Gasteiger partial charge in [0.05, 0.1) is 10.6 Å². The molecular formula is C11H9BrClNO2S. The van der Waals surface area contributed by atoms with Gasteiger partial charge in [-0.2, -0.15) is 0 Å². The highest BCUT2D eigenvalue weighted by atomic mass is 79.9. The minimum atomic E-state index is -0.942. The fraction of sp³-hybridized carbons (Fsp3) is 0.0909. The van der Waals surface area contributed by atoms with Gasteiger partial charge in [0.2, 0.25) is 0 Å². The van der Waals surface area contributed by atoms with Crippen molar-refractivity contribution in [1.82, 2.24) is 4.98 Å². The fourth-order valence-corrected chi connectivity index (χ4v) is 2.63. The Kier molecular flexibility index (Phi) is 5.11. The second kappa shape index (κ2) is 6.14. The van der Waals surface area contributed by atoms with E-state index in [9.17, 15) is 4.79 Å². The molecule has 6 heteroatoms. The molecule has 0 aliphatic rings. The minimum Gasteiger partial charge on any atom is -0.477 e. The fourth-order valence-electron chi connectivity index (χ4n) is 1.34. The van der Waals surface area contributed by atoms with Gasteiger partial charge in [-0.15, -0.1) is 39.9 Å². The number of aromatic nitrogens is 1. The smallest absolute Gasteiger partial charge is 0.346 e. The molecular weight excluding hydrogens is 326 g/mol. The van der Waals surface area contributed by atoms with Crippen molar-refractivity contribution in [1.29, 1.82) is 0 Å². The SMILES string of the molecule is Br.O=C(O)c1sc(-c2ccccn2)cc1CCl. The summed E-state index contributed by atoms with van der Waals surface area (Å²) in [5.74, 6) is -0.742. The second-order valence-electron chi connectivity index (χ2n) is 3.12. The standard InChI is InChI=1S/C11H8ClNO2S.BrH/c12-6-7-5-9(16-10(7)11(14)15)8-3-1-2-4-13-8;/h1-5H,6H2,(H,14,15);1H. The maximum atomic E-state index is 11.0. The molecule has 0 saturated carbocycles. The van der Waals surface area contributed by atoms with Crippen molar-refractivity contribution in [2.45, 2.75) is 5.88 Å². The zero-order chi connectivity index (χ0) is 11.5. The Balaban J connectivity index is 0.00000144. The Morgan fingerprint density at radius 1 is 1.47 bits per heavy atom. The number of pyridine rings is 1. The number of carboxylic acid groups (broad SMARTS) is 1. The first-order chi connectivity index (χ1) is 7.72. The monoisotopic (exact) mass is 333 g/mol. The van der Waals surface area contributed by atoms with Gasteiger partial charge in [0.1, 0.15) is 4.88 Å². The van der Waals surface area contributed by atoms with Gasteiger partial charge in [-0.3, -0.25) is 4.98 Å². The van der Waals surface area contributed by atoms with E-state index >= 15 is 0 Å². The van der Waals surface area contributed by atoms with Crippen molar-refractivity contribution in [3.63, 3.8) is 0 Å². The zero-order valence-electron chi connectivity index (χ0n) is 8.59. The summed E-state index contributed by atoms with van der Waals surface area (Å²) in [4.78, 5) is 16.2. The molecule has 0 radical (unpaired) electrons. The molecule has 0 spiro atoms. The van der Waals surface area contributed by atoms with Gasteiger partial charge >= 0.3 is 5.97 Å². The molecule has 1 N–H and O–H groups in total. The molecule has 0 bridgehead atoms. The van der Waals surface area contributed by atoms with E-state index in [2.05, 4.69) is 4.98 Å². The van der Waals surface area contributed by atoms with Crippen LogP contribution in [-0.4, -0.2) is 16.1 Å². The van der Waals surface area contributed by atoms with Gasteiger partial charge < -0.3 is 5.11 Å². The van der Waals surface area contributed by atoms with E-state index in [0.717, 1.165) is 10.6 Å². The van der Waals surface area contributed by atoms with E-state index < -0.39 is 5.97 Å². The Labute approximate surface area is 118 Å². The molecule has 0 aromatic carbocycles. The number of nitrogens with zero attached hydrogens (tertiary/aromatic N) is 1. The highest BCUT2D eigenvalue weighted by Gasteiger charge is 2.15. The summed E-state index contributed by atoms with van der Waals surface area (Å²) in [5, 5.41) is 8.99. The van der Waals surface area contributed by atoms with Crippen LogP contribution in [0.1, 0.15) is 15.2 Å². The maximum absolute atomic E-state index is 11.0. The lowest BCUT2D eigenvalue weighted by molar-refractivity contribution is 0.0701. The third kappa shape index (κ3) is 3.06. The predicted octanol–water partition coefficient (Wildman–Crippen LogP) is 3.83. The first-order valence-corrected chi connectivity index (χ1v) is 5.91. The molecule has 0 fully saturated rings. The molecule has 2 rings (SSSR count). The third-order valence-electron chi connectivity index (χ3n) is 2.06. The lowest BCUT2D eigenvalue weighted by Gasteiger charge is -1.92. The van der Waals surface area contributed by atoms with Gasteiger partial charge in [-0.05, 0) is 23.8 Å². The van der Waals surface area contributed by atoms with Crippen LogP contribution in [-0.2, 0) is 5.88 Å². The number of hydrogen-bond acceptors (Lipinski definition) is 3. The minimum absolute atomic E-state index is 0. The quantitative estimate of drug-likeness (QED) is 0.868. The number of rotatable bonds is 3. The summed E-state index contributed by atoms with van der Waals surface area (Å²) >= 11 is 6.90. The van der Waals surface area contributed by atoms with Gasteiger partial charge in [0.25, 0.3) is 0 Å². The molecule has 2 aromatic heterocycles. The molecule has 2 aromatic rings. The van der Waals surface area contributed by atoms with E-state index in [4.69, 9.17) is 16.7 Å². The number of thiophene rings is 1. The predicted molar refractivity (Wildman–Crippen MR) is 74.4 cm³/mol. The topological polar surface area (TPSA) is 50.2 Å². The van der Waals surface area contributed by atoms with E-state index in [1.54, 1.807) is 12.3 Å². The second-order valence-corrected chi connectivity index (χ2v) is 4.44. The van der Waals surface area contributed by atoms with E-state index in [0.29, 0.717) is 5.56 Å². The highest BCUT2D eigenvalue weighted by molar-refractivity contribution is 8.93. The summed E-state index contributed by atoms with van der Waals surface area (Å²) in [5.41, 5.74) is 1.41. The Morgan fingerprint density at radius 3 is 2.71 bits per heavy atom. The van der Waals surface area contributed by atoms with Crippen LogP contribution in [0.3, 0.4) is 0 Å². The zero-order valence-corrected chi connectivity index (χ0v) is 11.9. The molecule has 0 saturated heterocycles. The maximum Gasteiger partial charge on any atom is 0.346 e. The number of carboxylic acids is 1. The molecule has 0 aliphatic carbocycles. The third-order valence-corrected chi connectivity index (χ3v) is 3.54. The summed E-state index contributed by atoms with van der Waals surface area (Å²) in [6.07, 6.45) is 1.68. The normalized spacial score (nSPS) is 9.71. The van der Waals surface area contributed by atoms with Crippen LogP contribution in [0, 0.1) is 0 Å². The number of hydrogen-bond donors (Lipinski definition) is 1. The summed E-state index contributed by atoms with van der Waals surface area (Å²) in [6, 6.07) is 7.31. The molecule has 0 amide bonds. The van der Waals surface area contributed by atoms with Crippen LogP contribution in [0.4, 0.5) is 0 Å². The number of aromatic carboxylic acids is 1. The first kappa shape index (κ1) is 14.2. The van der Waals surface area contributed by atoms with Gasteiger partial charge in [0, 0.05) is 12.1 Å². The van der Waals surface area contributed by atoms with Crippen LogP contribution in [0.2, 0.25) is 0 Å². The van der Waals surface area contributed by atoms with Crippen LogP contribution in [0.25, 0.3) is 10.6 Å². The number of carbonyl (C=O) groups is 1. The summed E-state index contributed by atoms with van der Waals surface area (Å²) < 4.78 is 0. The average Bonchev–Trinajstić information content (AvgIpc) is 2.74. The van der Waals surface area contributed by atoms with Crippen LogP contribution < -0.4 is 0 Å². The Morgan fingerprint density at radius 2 is 2.24 bits per heavy atom. The summed E-state index contributed by atoms with van der Waals surface area (Å²) in [6.45, 7) is 0. The van der Waals surface area contributed by atoms with Crippen LogP contribution >= 0.6 is 39.9 Å².